The van der Waals surface area contributed by atoms with Gasteiger partial charge in [0.25, 0.3) is 0 Å². The predicted molar refractivity (Wildman–Crippen MR) is 82.9 cm³/mol. The maximum absolute atomic E-state index is 8.92. The van der Waals surface area contributed by atoms with Crippen molar-refractivity contribution in [3.63, 3.8) is 0 Å². The zero-order valence-electron chi connectivity index (χ0n) is 10.4. The van der Waals surface area contributed by atoms with Crippen LogP contribution in [0.3, 0.4) is 0 Å². The van der Waals surface area contributed by atoms with Crippen LogP contribution in [0.25, 0.3) is 11.1 Å². The van der Waals surface area contributed by atoms with Crippen LogP contribution in [-0.2, 0) is 6.42 Å². The number of aliphatic hydroxyl groups excluding tert-OH is 1. The van der Waals surface area contributed by atoms with E-state index in [-0.39, 0.29) is 25.1 Å². The quantitative estimate of drug-likeness (QED) is 0.910. The highest BCUT2D eigenvalue weighted by atomic mass is 35.5. The zero-order chi connectivity index (χ0) is 13.0. The summed E-state index contributed by atoms with van der Waals surface area (Å²) in [7, 11) is 0. The van der Waals surface area contributed by atoms with E-state index in [9.17, 15) is 0 Å². The van der Waals surface area contributed by atoms with Crippen LogP contribution in [0.4, 0.5) is 0 Å². The Balaban J connectivity index is 0.00000180. The third-order valence-electron chi connectivity index (χ3n) is 2.86. The smallest absolute Gasteiger partial charge is 0.0585 e. The third-order valence-corrected chi connectivity index (χ3v) is 3.12. The van der Waals surface area contributed by atoms with E-state index in [1.165, 1.54) is 0 Å². The Kier molecular flexibility index (Phi) is 6.32. The molecule has 2 rings (SSSR count). The normalized spacial score (nSPS) is 11.7. The van der Waals surface area contributed by atoms with E-state index in [1.807, 2.05) is 36.4 Å². The summed E-state index contributed by atoms with van der Waals surface area (Å²) in [5.74, 6) is 0. The summed E-state index contributed by atoms with van der Waals surface area (Å²) in [6.45, 7) is 0.0128. The van der Waals surface area contributed by atoms with Gasteiger partial charge < -0.3 is 10.8 Å². The van der Waals surface area contributed by atoms with Crippen molar-refractivity contribution in [2.75, 3.05) is 6.61 Å². The molecule has 0 saturated carbocycles. The van der Waals surface area contributed by atoms with Crippen molar-refractivity contribution in [3.05, 3.63) is 59.1 Å². The molecule has 1 unspecified atom stereocenters. The van der Waals surface area contributed by atoms with Crippen molar-refractivity contribution < 1.29 is 5.11 Å². The molecule has 0 amide bonds. The SMILES string of the molecule is Cl.NC(CO)Cc1ccc(-c2ccc(Cl)cc2)cc1. The second-order valence-electron chi connectivity index (χ2n) is 4.35. The van der Waals surface area contributed by atoms with Crippen LogP contribution in [0.2, 0.25) is 5.02 Å². The lowest BCUT2D eigenvalue weighted by molar-refractivity contribution is 0.265. The van der Waals surface area contributed by atoms with E-state index in [2.05, 4.69) is 12.1 Å². The second-order valence-corrected chi connectivity index (χ2v) is 4.79. The van der Waals surface area contributed by atoms with E-state index >= 15 is 0 Å². The molecule has 0 fully saturated rings. The van der Waals surface area contributed by atoms with E-state index in [0.29, 0.717) is 6.42 Å². The maximum Gasteiger partial charge on any atom is 0.0585 e. The summed E-state index contributed by atoms with van der Waals surface area (Å²) < 4.78 is 0. The van der Waals surface area contributed by atoms with Gasteiger partial charge in [0.2, 0.25) is 0 Å². The molecule has 19 heavy (non-hydrogen) atoms. The largest absolute Gasteiger partial charge is 0.395 e. The van der Waals surface area contributed by atoms with Gasteiger partial charge in [0.05, 0.1) is 6.61 Å². The van der Waals surface area contributed by atoms with Gasteiger partial charge in [-0.3, -0.25) is 0 Å². The molecular weight excluding hydrogens is 281 g/mol. The topological polar surface area (TPSA) is 46.2 Å². The second kappa shape index (κ2) is 7.51. The van der Waals surface area contributed by atoms with Gasteiger partial charge in [0.1, 0.15) is 0 Å². The number of rotatable bonds is 4. The van der Waals surface area contributed by atoms with Gasteiger partial charge in [-0.25, -0.2) is 0 Å². The molecule has 0 aliphatic rings. The number of benzene rings is 2. The highest BCUT2D eigenvalue weighted by Crippen LogP contribution is 2.22. The average Bonchev–Trinajstić information content (AvgIpc) is 2.40. The molecular formula is C15H17Cl2NO. The van der Waals surface area contributed by atoms with E-state index in [4.69, 9.17) is 22.4 Å². The van der Waals surface area contributed by atoms with Gasteiger partial charge in [-0.05, 0) is 35.2 Å². The molecule has 0 saturated heterocycles. The Morgan fingerprint density at radius 1 is 0.947 bits per heavy atom. The molecule has 0 radical (unpaired) electrons. The lowest BCUT2D eigenvalue weighted by atomic mass is 10.0. The van der Waals surface area contributed by atoms with Crippen LogP contribution in [0.1, 0.15) is 5.56 Å². The molecule has 102 valence electrons. The van der Waals surface area contributed by atoms with Crippen molar-refractivity contribution in [1.82, 2.24) is 0 Å². The molecule has 0 aromatic heterocycles. The first-order valence-electron chi connectivity index (χ1n) is 5.90. The molecule has 2 aromatic carbocycles. The lowest BCUT2D eigenvalue weighted by Gasteiger charge is -2.09. The highest BCUT2D eigenvalue weighted by Gasteiger charge is 2.03. The Morgan fingerprint density at radius 3 is 1.89 bits per heavy atom. The standard InChI is InChI=1S/C15H16ClNO.ClH/c16-14-7-5-13(6-8-14)12-3-1-11(2-4-12)9-15(17)10-18;/h1-8,15,18H,9-10,17H2;1H. The number of aliphatic hydroxyl groups is 1. The summed E-state index contributed by atoms with van der Waals surface area (Å²) in [5, 5.41) is 9.66. The predicted octanol–water partition coefficient (Wildman–Crippen LogP) is 3.29. The van der Waals surface area contributed by atoms with Gasteiger partial charge in [0.15, 0.2) is 0 Å². The summed E-state index contributed by atoms with van der Waals surface area (Å²) in [6.07, 6.45) is 0.692. The summed E-state index contributed by atoms with van der Waals surface area (Å²) in [6, 6.07) is 15.8. The minimum Gasteiger partial charge on any atom is -0.395 e. The zero-order valence-corrected chi connectivity index (χ0v) is 12.0. The van der Waals surface area contributed by atoms with Crippen LogP contribution >= 0.6 is 24.0 Å². The first kappa shape index (κ1) is 16.0. The van der Waals surface area contributed by atoms with Crippen molar-refractivity contribution in [1.29, 1.82) is 0 Å². The van der Waals surface area contributed by atoms with Crippen molar-refractivity contribution in [3.8, 4) is 11.1 Å². The molecule has 0 aliphatic heterocycles. The van der Waals surface area contributed by atoms with Gasteiger partial charge in [-0.2, -0.15) is 0 Å². The summed E-state index contributed by atoms with van der Waals surface area (Å²) in [4.78, 5) is 0. The molecule has 0 spiro atoms. The Hall–Kier alpha value is -1.06. The van der Waals surface area contributed by atoms with E-state index < -0.39 is 0 Å². The minimum absolute atomic E-state index is 0. The van der Waals surface area contributed by atoms with Crippen LogP contribution < -0.4 is 5.73 Å². The summed E-state index contributed by atoms with van der Waals surface area (Å²) >= 11 is 5.86. The highest BCUT2D eigenvalue weighted by molar-refractivity contribution is 6.30. The average molecular weight is 298 g/mol. The van der Waals surface area contributed by atoms with Crippen LogP contribution in [0.15, 0.2) is 48.5 Å². The number of halogens is 2. The Bertz CT molecular complexity index is 497. The first-order chi connectivity index (χ1) is 8.69. The fourth-order valence-corrected chi connectivity index (χ4v) is 1.97. The number of hydrogen-bond acceptors (Lipinski definition) is 2. The molecule has 2 nitrogen and oxygen atoms in total. The van der Waals surface area contributed by atoms with E-state index in [0.717, 1.165) is 21.7 Å². The van der Waals surface area contributed by atoms with Gasteiger partial charge in [-0.15, -0.1) is 12.4 Å². The molecule has 1 atom stereocenters. The van der Waals surface area contributed by atoms with Crippen molar-refractivity contribution >= 4 is 24.0 Å². The minimum atomic E-state index is -0.189. The Labute approximate surface area is 124 Å². The lowest BCUT2D eigenvalue weighted by Crippen LogP contribution is -2.26. The third kappa shape index (κ3) is 4.51. The molecule has 4 heteroatoms. The van der Waals surface area contributed by atoms with Crippen LogP contribution in [-0.4, -0.2) is 17.8 Å². The molecule has 2 aromatic rings. The van der Waals surface area contributed by atoms with Gasteiger partial charge in [-0.1, -0.05) is 48.0 Å². The maximum atomic E-state index is 8.92. The van der Waals surface area contributed by atoms with Crippen molar-refractivity contribution in [2.45, 2.75) is 12.5 Å². The molecule has 3 N–H and O–H groups in total. The summed E-state index contributed by atoms with van der Waals surface area (Å²) in [5.41, 5.74) is 9.12. The fraction of sp³-hybridized carbons (Fsp3) is 0.200. The van der Waals surface area contributed by atoms with Gasteiger partial charge in [0, 0.05) is 11.1 Å². The first-order valence-corrected chi connectivity index (χ1v) is 6.28. The van der Waals surface area contributed by atoms with Crippen LogP contribution in [0, 0.1) is 0 Å². The monoisotopic (exact) mass is 297 g/mol. The number of hydrogen-bond donors (Lipinski definition) is 2. The molecule has 0 aliphatic carbocycles. The molecule has 0 heterocycles. The van der Waals surface area contributed by atoms with Gasteiger partial charge >= 0.3 is 0 Å². The van der Waals surface area contributed by atoms with Crippen LogP contribution in [0.5, 0.6) is 0 Å². The van der Waals surface area contributed by atoms with E-state index in [1.54, 1.807) is 0 Å². The van der Waals surface area contributed by atoms with Crippen molar-refractivity contribution in [2.24, 2.45) is 5.73 Å². The molecule has 0 bridgehead atoms. The fourth-order valence-electron chi connectivity index (χ4n) is 1.84. The Morgan fingerprint density at radius 2 is 1.42 bits per heavy atom. The number of nitrogens with two attached hydrogens (primary N) is 1.